The Kier molecular flexibility index (Phi) is 11.6. The van der Waals surface area contributed by atoms with Crippen LogP contribution in [0.4, 0.5) is 0 Å². The Balaban J connectivity index is 2.50. The van der Waals surface area contributed by atoms with E-state index in [1.807, 2.05) is 0 Å². The fraction of sp³-hybridized carbons (Fsp3) is 0.571. The van der Waals surface area contributed by atoms with Crippen molar-refractivity contribution >= 4 is 17.8 Å². The number of nitrogens with zero attached hydrogens (tertiary/aromatic N) is 1. The summed E-state index contributed by atoms with van der Waals surface area (Å²) in [4.78, 5) is 27.2. The number of hydrogen-bond acceptors (Lipinski definition) is 6. The van der Waals surface area contributed by atoms with Gasteiger partial charge in [0.05, 0.1) is 32.7 Å². The fourth-order valence-corrected chi connectivity index (χ4v) is 2.44. The maximum atomic E-state index is 11.8. The van der Waals surface area contributed by atoms with Gasteiger partial charge in [0.15, 0.2) is 17.3 Å². The molecule has 1 rings (SSSR count). The molecule has 0 aliphatic rings. The van der Waals surface area contributed by atoms with Crippen molar-refractivity contribution in [3.8, 4) is 11.5 Å². The zero-order valence-electron chi connectivity index (χ0n) is 16.7. The fourth-order valence-electron chi connectivity index (χ4n) is 2.44. The molecule has 6 nitrogen and oxygen atoms in total. The normalized spacial score (nSPS) is 10.8. The van der Waals surface area contributed by atoms with Crippen molar-refractivity contribution < 1.29 is 23.8 Å². The van der Waals surface area contributed by atoms with Crippen LogP contribution in [-0.2, 0) is 14.3 Å². The first-order chi connectivity index (χ1) is 13.1. The number of allylic oxidation sites excluding steroid dienone is 1. The second kappa shape index (κ2) is 13.8. The third-order valence-electron chi connectivity index (χ3n) is 4.05. The van der Waals surface area contributed by atoms with Crippen molar-refractivity contribution in [3.05, 3.63) is 24.0 Å². The number of methoxy groups -OCH3 is 2. The molecule has 6 heteroatoms. The van der Waals surface area contributed by atoms with Gasteiger partial charge in [0.1, 0.15) is 0 Å². The van der Waals surface area contributed by atoms with Gasteiger partial charge < -0.3 is 14.2 Å². The lowest BCUT2D eigenvalue weighted by atomic mass is 10.1. The van der Waals surface area contributed by atoms with E-state index in [4.69, 9.17) is 9.47 Å². The molecule has 0 spiro atoms. The van der Waals surface area contributed by atoms with Gasteiger partial charge in [-0.3, -0.25) is 14.6 Å². The molecule has 0 saturated heterocycles. The minimum atomic E-state index is -0.188. The molecule has 0 aromatic carbocycles. The third-order valence-corrected chi connectivity index (χ3v) is 4.05. The summed E-state index contributed by atoms with van der Waals surface area (Å²) < 4.78 is 15.7. The molecule has 0 unspecified atom stereocenters. The van der Waals surface area contributed by atoms with Crippen molar-refractivity contribution in [3.63, 3.8) is 0 Å². The molecule has 0 aliphatic heterocycles. The van der Waals surface area contributed by atoms with E-state index < -0.39 is 0 Å². The van der Waals surface area contributed by atoms with Gasteiger partial charge in [-0.1, -0.05) is 19.8 Å². The molecular weight excluding hydrogens is 346 g/mol. The monoisotopic (exact) mass is 377 g/mol. The third kappa shape index (κ3) is 9.78. The molecule has 27 heavy (non-hydrogen) atoms. The summed E-state index contributed by atoms with van der Waals surface area (Å²) in [6.45, 7) is 2.63. The van der Waals surface area contributed by atoms with E-state index in [2.05, 4.69) is 16.6 Å². The van der Waals surface area contributed by atoms with Crippen molar-refractivity contribution in [1.82, 2.24) is 4.98 Å². The Morgan fingerprint density at radius 2 is 1.81 bits per heavy atom. The Morgan fingerprint density at radius 3 is 2.52 bits per heavy atom. The predicted molar refractivity (Wildman–Crippen MR) is 105 cm³/mol. The van der Waals surface area contributed by atoms with E-state index in [0.717, 1.165) is 38.5 Å². The molecular formula is C21H31NO5. The van der Waals surface area contributed by atoms with Crippen molar-refractivity contribution in [2.45, 2.75) is 58.3 Å². The molecule has 150 valence electrons. The highest BCUT2D eigenvalue weighted by atomic mass is 16.5. The van der Waals surface area contributed by atoms with Crippen LogP contribution in [0.3, 0.4) is 0 Å². The molecule has 0 atom stereocenters. The summed E-state index contributed by atoms with van der Waals surface area (Å²) in [5.74, 6) is 1.07. The Hall–Kier alpha value is -2.37. The molecule has 0 bridgehead atoms. The Morgan fingerprint density at radius 1 is 1.04 bits per heavy atom. The van der Waals surface area contributed by atoms with E-state index >= 15 is 0 Å². The number of hydrogen-bond donors (Lipinski definition) is 0. The summed E-state index contributed by atoms with van der Waals surface area (Å²) in [6.07, 6.45) is 11.4. The van der Waals surface area contributed by atoms with Crippen LogP contribution in [0.15, 0.2) is 18.3 Å². The van der Waals surface area contributed by atoms with Crippen LogP contribution in [0.5, 0.6) is 11.5 Å². The van der Waals surface area contributed by atoms with Crippen LogP contribution in [0.1, 0.15) is 64.0 Å². The SMILES string of the molecule is CCCCCC(=O)/C=C/c1cc(OCCCCCC(=O)OC)c(OC)cn1. The zero-order valence-corrected chi connectivity index (χ0v) is 16.7. The Labute approximate surface area is 161 Å². The number of carbonyl (C=O) groups excluding carboxylic acids is 2. The average molecular weight is 377 g/mol. The highest BCUT2D eigenvalue weighted by Gasteiger charge is 2.07. The van der Waals surface area contributed by atoms with E-state index in [0.29, 0.717) is 36.6 Å². The van der Waals surface area contributed by atoms with Gasteiger partial charge in [-0.25, -0.2) is 0 Å². The number of rotatable bonds is 14. The number of unbranched alkanes of at least 4 members (excludes halogenated alkanes) is 4. The molecule has 1 aromatic heterocycles. The highest BCUT2D eigenvalue weighted by molar-refractivity contribution is 5.93. The van der Waals surface area contributed by atoms with Crippen LogP contribution in [-0.4, -0.2) is 37.6 Å². The summed E-state index contributed by atoms with van der Waals surface area (Å²) in [6, 6.07) is 1.77. The molecule has 0 aliphatic carbocycles. The number of ether oxygens (including phenoxy) is 3. The summed E-state index contributed by atoms with van der Waals surface area (Å²) in [5, 5.41) is 0. The molecule has 0 fully saturated rings. The second-order valence-corrected chi connectivity index (χ2v) is 6.25. The number of ketones is 1. The minimum Gasteiger partial charge on any atom is -0.491 e. The summed E-state index contributed by atoms with van der Waals surface area (Å²) >= 11 is 0. The molecule has 1 heterocycles. The molecule has 1 aromatic rings. The lowest BCUT2D eigenvalue weighted by Gasteiger charge is -2.11. The lowest BCUT2D eigenvalue weighted by Crippen LogP contribution is -2.02. The number of pyridine rings is 1. The van der Waals surface area contributed by atoms with Crippen molar-refractivity contribution in [2.75, 3.05) is 20.8 Å². The van der Waals surface area contributed by atoms with Gasteiger partial charge in [-0.2, -0.15) is 0 Å². The molecule has 0 saturated carbocycles. The molecule has 0 N–H and O–H groups in total. The largest absolute Gasteiger partial charge is 0.491 e. The van der Waals surface area contributed by atoms with Crippen LogP contribution in [0.25, 0.3) is 6.08 Å². The van der Waals surface area contributed by atoms with Crippen LogP contribution in [0.2, 0.25) is 0 Å². The molecule has 0 radical (unpaired) electrons. The standard InChI is InChI=1S/C21H31NO5/c1-4-5-7-10-18(23)13-12-17-15-19(20(25-2)16-22-17)27-14-9-6-8-11-21(24)26-3/h12-13,15-16H,4-11,14H2,1-3H3/b13-12+. The lowest BCUT2D eigenvalue weighted by molar-refractivity contribution is -0.140. The van der Waals surface area contributed by atoms with Gasteiger partial charge in [0.25, 0.3) is 0 Å². The number of aromatic nitrogens is 1. The van der Waals surface area contributed by atoms with Crippen LogP contribution in [0, 0.1) is 0 Å². The van der Waals surface area contributed by atoms with Gasteiger partial charge >= 0.3 is 5.97 Å². The van der Waals surface area contributed by atoms with Crippen molar-refractivity contribution in [2.24, 2.45) is 0 Å². The van der Waals surface area contributed by atoms with Gasteiger partial charge in [-0.15, -0.1) is 0 Å². The Bertz CT molecular complexity index is 613. The zero-order chi connectivity index (χ0) is 19.9. The van der Waals surface area contributed by atoms with E-state index in [1.165, 1.54) is 7.11 Å². The first-order valence-corrected chi connectivity index (χ1v) is 9.55. The summed E-state index contributed by atoms with van der Waals surface area (Å²) in [7, 11) is 2.96. The van der Waals surface area contributed by atoms with Gasteiger partial charge in [0.2, 0.25) is 0 Å². The highest BCUT2D eigenvalue weighted by Crippen LogP contribution is 2.27. The second-order valence-electron chi connectivity index (χ2n) is 6.25. The first-order valence-electron chi connectivity index (χ1n) is 9.55. The quantitative estimate of drug-likeness (QED) is 0.272. The van der Waals surface area contributed by atoms with E-state index in [1.54, 1.807) is 31.5 Å². The minimum absolute atomic E-state index is 0.106. The van der Waals surface area contributed by atoms with Crippen LogP contribution >= 0.6 is 0 Å². The maximum absolute atomic E-state index is 11.8. The van der Waals surface area contributed by atoms with E-state index in [-0.39, 0.29) is 11.8 Å². The summed E-state index contributed by atoms with van der Waals surface area (Å²) in [5.41, 5.74) is 0.653. The smallest absolute Gasteiger partial charge is 0.305 e. The first kappa shape index (κ1) is 22.7. The number of esters is 1. The van der Waals surface area contributed by atoms with Gasteiger partial charge in [-0.05, 0) is 37.8 Å². The number of carbonyl (C=O) groups is 2. The van der Waals surface area contributed by atoms with Gasteiger partial charge in [0, 0.05) is 18.9 Å². The molecule has 0 amide bonds. The van der Waals surface area contributed by atoms with E-state index in [9.17, 15) is 9.59 Å². The van der Waals surface area contributed by atoms with Crippen LogP contribution < -0.4 is 9.47 Å². The maximum Gasteiger partial charge on any atom is 0.305 e. The predicted octanol–water partition coefficient (Wildman–Crippen LogP) is 4.37. The van der Waals surface area contributed by atoms with Crippen molar-refractivity contribution in [1.29, 1.82) is 0 Å². The topological polar surface area (TPSA) is 74.7 Å². The average Bonchev–Trinajstić information content (AvgIpc) is 2.69.